The van der Waals surface area contributed by atoms with Crippen LogP contribution in [0.25, 0.3) is 0 Å². The van der Waals surface area contributed by atoms with Crippen LogP contribution in [-0.4, -0.2) is 72.5 Å². The molecule has 0 radical (unpaired) electrons. The molecule has 1 unspecified atom stereocenters. The van der Waals surface area contributed by atoms with Gasteiger partial charge in [-0.15, -0.1) is 0 Å². The molecule has 9 nitrogen and oxygen atoms in total. The number of benzene rings is 2. The molecular weight excluding hydrogens is 460 g/mol. The second-order valence-electron chi connectivity index (χ2n) is 8.55. The Kier molecular flexibility index (Phi) is 12.4. The number of aliphatic carboxylic acids is 2. The van der Waals surface area contributed by atoms with E-state index in [4.69, 9.17) is 29.8 Å². The number of aryl methyl sites for hydroxylation is 1. The number of carbonyl (C=O) groups is 2. The van der Waals surface area contributed by atoms with Crippen LogP contribution in [0.2, 0.25) is 0 Å². The fourth-order valence-electron chi connectivity index (χ4n) is 3.99. The van der Waals surface area contributed by atoms with Gasteiger partial charge in [-0.05, 0) is 42.7 Å². The number of morpholine rings is 1. The molecule has 9 heteroatoms. The Labute approximate surface area is 212 Å². The normalized spacial score (nSPS) is 15.3. The summed E-state index contributed by atoms with van der Waals surface area (Å²) in [6.07, 6.45) is 0.780. The molecular formula is C27H36N4O5. The van der Waals surface area contributed by atoms with Gasteiger partial charge in [-0.3, -0.25) is 4.90 Å². The Balaban J connectivity index is 0.000000678. The number of nitrogens with one attached hydrogen (secondary N) is 1. The maximum Gasteiger partial charge on any atom is 0.414 e. The SMILES string of the molecule is CCN(CCC#N)c1ccc(CNCC2CN(Cc3ccccc3)CCO2)c(C)c1.O=C(O)C(=O)O. The molecule has 1 atom stereocenters. The molecule has 1 saturated heterocycles. The summed E-state index contributed by atoms with van der Waals surface area (Å²) in [7, 11) is 0. The predicted octanol–water partition coefficient (Wildman–Crippen LogP) is 2.88. The Morgan fingerprint density at radius 1 is 1.19 bits per heavy atom. The molecule has 0 aromatic heterocycles. The van der Waals surface area contributed by atoms with Gasteiger partial charge in [0.25, 0.3) is 0 Å². The minimum Gasteiger partial charge on any atom is -0.473 e. The largest absolute Gasteiger partial charge is 0.473 e. The summed E-state index contributed by atoms with van der Waals surface area (Å²) in [5.74, 6) is -3.65. The summed E-state index contributed by atoms with van der Waals surface area (Å²) in [4.78, 5) is 22.9. The van der Waals surface area contributed by atoms with Gasteiger partial charge in [-0.1, -0.05) is 36.4 Å². The van der Waals surface area contributed by atoms with Crippen LogP contribution in [0, 0.1) is 18.3 Å². The molecule has 0 aliphatic carbocycles. The van der Waals surface area contributed by atoms with Crippen LogP contribution in [-0.2, 0) is 27.4 Å². The van der Waals surface area contributed by atoms with E-state index >= 15 is 0 Å². The van der Waals surface area contributed by atoms with Crippen LogP contribution < -0.4 is 10.2 Å². The van der Waals surface area contributed by atoms with Gasteiger partial charge in [0.05, 0.1) is 25.2 Å². The highest BCUT2D eigenvalue weighted by Gasteiger charge is 2.20. The van der Waals surface area contributed by atoms with Crippen molar-refractivity contribution in [3.63, 3.8) is 0 Å². The first-order valence-electron chi connectivity index (χ1n) is 12.1. The highest BCUT2D eigenvalue weighted by atomic mass is 16.5. The van der Waals surface area contributed by atoms with Crippen LogP contribution in [0.3, 0.4) is 0 Å². The first kappa shape index (κ1) is 28.8. The van der Waals surface area contributed by atoms with Crippen molar-refractivity contribution < 1.29 is 24.5 Å². The number of nitrogens with zero attached hydrogens (tertiary/aromatic N) is 3. The molecule has 36 heavy (non-hydrogen) atoms. The highest BCUT2D eigenvalue weighted by Crippen LogP contribution is 2.20. The molecule has 2 aromatic carbocycles. The second-order valence-corrected chi connectivity index (χ2v) is 8.55. The van der Waals surface area contributed by atoms with Crippen molar-refractivity contribution in [2.45, 2.75) is 39.5 Å². The Morgan fingerprint density at radius 2 is 1.92 bits per heavy atom. The van der Waals surface area contributed by atoms with E-state index in [-0.39, 0.29) is 6.10 Å². The molecule has 3 N–H and O–H groups in total. The van der Waals surface area contributed by atoms with Crippen LogP contribution in [0.4, 0.5) is 5.69 Å². The zero-order valence-electron chi connectivity index (χ0n) is 21.0. The van der Waals surface area contributed by atoms with E-state index in [1.54, 1.807) is 0 Å². The van der Waals surface area contributed by atoms with Crippen LogP contribution in [0.15, 0.2) is 48.5 Å². The fraction of sp³-hybridized carbons (Fsp3) is 0.444. The first-order chi connectivity index (χ1) is 17.3. The average Bonchev–Trinajstić information content (AvgIpc) is 2.87. The number of hydrogen-bond donors (Lipinski definition) is 3. The zero-order chi connectivity index (χ0) is 26.3. The third kappa shape index (κ3) is 10.0. The van der Waals surface area contributed by atoms with Crippen molar-refractivity contribution >= 4 is 17.6 Å². The number of rotatable bonds is 10. The maximum atomic E-state index is 9.10. The molecule has 2 aromatic rings. The van der Waals surface area contributed by atoms with Gasteiger partial charge in [-0.25, -0.2) is 9.59 Å². The van der Waals surface area contributed by atoms with Gasteiger partial charge >= 0.3 is 11.9 Å². The van der Waals surface area contributed by atoms with Crippen molar-refractivity contribution in [1.29, 1.82) is 5.26 Å². The molecule has 1 fully saturated rings. The molecule has 0 amide bonds. The summed E-state index contributed by atoms with van der Waals surface area (Å²) in [6, 6.07) is 19.5. The lowest BCUT2D eigenvalue weighted by atomic mass is 10.1. The number of carboxylic acids is 2. The fourth-order valence-corrected chi connectivity index (χ4v) is 3.99. The monoisotopic (exact) mass is 496 g/mol. The number of nitriles is 1. The summed E-state index contributed by atoms with van der Waals surface area (Å²) in [5, 5.41) is 27.2. The minimum absolute atomic E-state index is 0.226. The minimum atomic E-state index is -1.82. The Morgan fingerprint density at radius 3 is 2.53 bits per heavy atom. The van der Waals surface area contributed by atoms with Crippen LogP contribution >= 0.6 is 0 Å². The molecule has 1 aliphatic rings. The number of carboxylic acid groups (broad SMARTS) is 2. The molecule has 0 spiro atoms. The Hall–Kier alpha value is -3.45. The number of hydrogen-bond acceptors (Lipinski definition) is 7. The summed E-state index contributed by atoms with van der Waals surface area (Å²) >= 11 is 0. The van der Waals surface area contributed by atoms with E-state index in [2.05, 4.69) is 83.6 Å². The van der Waals surface area contributed by atoms with Gasteiger partial charge in [-0.2, -0.15) is 5.26 Å². The summed E-state index contributed by atoms with van der Waals surface area (Å²) < 4.78 is 5.98. The van der Waals surface area contributed by atoms with Crippen LogP contribution in [0.1, 0.15) is 30.0 Å². The zero-order valence-corrected chi connectivity index (χ0v) is 21.0. The van der Waals surface area contributed by atoms with E-state index in [1.165, 1.54) is 22.4 Å². The van der Waals surface area contributed by atoms with E-state index in [0.29, 0.717) is 6.42 Å². The molecule has 0 bridgehead atoms. The lowest BCUT2D eigenvalue weighted by molar-refractivity contribution is -0.159. The van der Waals surface area contributed by atoms with Crippen molar-refractivity contribution in [3.05, 3.63) is 65.2 Å². The molecule has 1 aliphatic heterocycles. The number of ether oxygens (including phenoxy) is 1. The third-order valence-corrected chi connectivity index (χ3v) is 5.91. The smallest absolute Gasteiger partial charge is 0.414 e. The summed E-state index contributed by atoms with van der Waals surface area (Å²) in [5.41, 5.74) is 5.15. The van der Waals surface area contributed by atoms with E-state index < -0.39 is 11.9 Å². The van der Waals surface area contributed by atoms with Gasteiger partial charge < -0.3 is 25.2 Å². The molecule has 0 saturated carbocycles. The van der Waals surface area contributed by atoms with Crippen molar-refractivity contribution in [2.24, 2.45) is 0 Å². The summed E-state index contributed by atoms with van der Waals surface area (Å²) in [6.45, 7) is 11.4. The molecule has 3 rings (SSSR count). The van der Waals surface area contributed by atoms with Gasteiger partial charge in [0, 0.05) is 51.5 Å². The van der Waals surface area contributed by atoms with E-state index in [0.717, 1.165) is 52.4 Å². The highest BCUT2D eigenvalue weighted by molar-refractivity contribution is 6.27. The quantitative estimate of drug-likeness (QED) is 0.426. The molecule has 194 valence electrons. The predicted molar refractivity (Wildman–Crippen MR) is 138 cm³/mol. The van der Waals surface area contributed by atoms with Gasteiger partial charge in [0.2, 0.25) is 0 Å². The standard InChI is InChI=1S/C25H34N4O.C2H2O4/c1-3-29(13-7-12-26)24-11-10-23(21(2)16-24)17-27-18-25-20-28(14-15-30-25)19-22-8-5-4-6-9-22;3-1(4)2(5)6/h4-6,8-11,16,25,27H,3,7,13-15,17-20H2,1-2H3;(H,3,4)(H,5,6). The third-order valence-electron chi connectivity index (χ3n) is 5.91. The molecule has 1 heterocycles. The van der Waals surface area contributed by atoms with Crippen molar-refractivity contribution in [1.82, 2.24) is 10.2 Å². The van der Waals surface area contributed by atoms with Crippen LogP contribution in [0.5, 0.6) is 0 Å². The second kappa shape index (κ2) is 15.5. The van der Waals surface area contributed by atoms with Crippen molar-refractivity contribution in [2.75, 3.05) is 44.2 Å². The Bertz CT molecular complexity index is 997. The van der Waals surface area contributed by atoms with E-state index in [1.807, 2.05) is 0 Å². The first-order valence-corrected chi connectivity index (χ1v) is 12.1. The van der Waals surface area contributed by atoms with Gasteiger partial charge in [0.1, 0.15) is 0 Å². The van der Waals surface area contributed by atoms with Gasteiger partial charge in [0.15, 0.2) is 0 Å². The maximum absolute atomic E-state index is 9.10. The average molecular weight is 497 g/mol. The topological polar surface area (TPSA) is 126 Å². The lowest BCUT2D eigenvalue weighted by Gasteiger charge is -2.33. The van der Waals surface area contributed by atoms with Crippen molar-refractivity contribution in [3.8, 4) is 6.07 Å². The number of anilines is 1. The van der Waals surface area contributed by atoms with E-state index in [9.17, 15) is 0 Å². The lowest BCUT2D eigenvalue weighted by Crippen LogP contribution is -2.46.